The minimum Gasteiger partial charge on any atom is -0.495 e. The van der Waals surface area contributed by atoms with Crippen LogP contribution in [0.1, 0.15) is 55.3 Å². The van der Waals surface area contributed by atoms with Gasteiger partial charge in [0.05, 0.1) is 25.1 Å². The number of rotatable bonds is 9. The Morgan fingerprint density at radius 1 is 1.08 bits per heavy atom. The fourth-order valence-electron chi connectivity index (χ4n) is 5.23. The van der Waals surface area contributed by atoms with Crippen molar-refractivity contribution in [3.8, 4) is 29.4 Å². The van der Waals surface area contributed by atoms with E-state index in [1.165, 1.54) is 22.3 Å². The lowest BCUT2D eigenvalue weighted by Crippen LogP contribution is -2.34. The Labute approximate surface area is 234 Å². The average Bonchev–Trinajstić information content (AvgIpc) is 3.26. The molecule has 1 aliphatic carbocycles. The molecule has 0 aliphatic heterocycles. The zero-order valence-electron chi connectivity index (χ0n) is 22.3. The van der Waals surface area contributed by atoms with Crippen LogP contribution in [-0.2, 0) is 17.9 Å². The fourth-order valence-corrected chi connectivity index (χ4v) is 5.36. The number of halogens is 1. The summed E-state index contributed by atoms with van der Waals surface area (Å²) in [4.78, 5) is 13.9. The van der Waals surface area contributed by atoms with Gasteiger partial charge in [-0.2, -0.15) is 0 Å². The van der Waals surface area contributed by atoms with Crippen LogP contribution in [0.25, 0.3) is 0 Å². The van der Waals surface area contributed by atoms with Crippen molar-refractivity contribution in [2.24, 2.45) is 11.8 Å². The standard InChI is InChI=1S/C31H35ClN2O5/c1-21(24-11-13-27(32)14-12-24)33(19-22-5-9-26(10-6-22)31(37)38)20-23-7-8-25(28(18-23)39-2)4-3-17-34-29(35)15-16-30(34)36/h7-8,11-16,18,21-22,26,35-36H,5-6,9-10,17,19-20H2,1-2H3,(H,37,38). The van der Waals surface area contributed by atoms with Crippen molar-refractivity contribution < 1.29 is 24.9 Å². The molecule has 1 heterocycles. The summed E-state index contributed by atoms with van der Waals surface area (Å²) in [7, 11) is 1.61. The summed E-state index contributed by atoms with van der Waals surface area (Å²) in [6.45, 7) is 3.89. The molecule has 1 fully saturated rings. The van der Waals surface area contributed by atoms with Gasteiger partial charge < -0.3 is 20.1 Å². The van der Waals surface area contributed by atoms with Gasteiger partial charge in [-0.15, -0.1) is 0 Å². The third kappa shape index (κ3) is 7.29. The first-order chi connectivity index (χ1) is 18.7. The first-order valence-corrected chi connectivity index (χ1v) is 13.6. The third-order valence-corrected chi connectivity index (χ3v) is 7.89. The third-order valence-electron chi connectivity index (χ3n) is 7.64. The second-order valence-electron chi connectivity index (χ2n) is 10.2. The summed E-state index contributed by atoms with van der Waals surface area (Å²) in [5.41, 5.74) is 2.97. The molecule has 0 spiro atoms. The molecule has 0 radical (unpaired) electrons. The van der Waals surface area contributed by atoms with Gasteiger partial charge in [0.25, 0.3) is 0 Å². The summed E-state index contributed by atoms with van der Waals surface area (Å²) in [5.74, 6) is 6.14. The lowest BCUT2D eigenvalue weighted by atomic mass is 9.81. The van der Waals surface area contributed by atoms with Gasteiger partial charge in [0, 0.05) is 36.3 Å². The van der Waals surface area contributed by atoms with E-state index < -0.39 is 5.97 Å². The molecule has 7 nitrogen and oxygen atoms in total. The van der Waals surface area contributed by atoms with Gasteiger partial charge in [0.2, 0.25) is 0 Å². The molecule has 1 saturated carbocycles. The molecule has 3 aromatic rings. The smallest absolute Gasteiger partial charge is 0.306 e. The lowest BCUT2D eigenvalue weighted by molar-refractivity contribution is -0.143. The molecule has 0 saturated heterocycles. The number of methoxy groups -OCH3 is 1. The molecule has 2 aromatic carbocycles. The molecule has 206 valence electrons. The molecular weight excluding hydrogens is 516 g/mol. The van der Waals surface area contributed by atoms with Crippen LogP contribution in [0, 0.1) is 23.7 Å². The van der Waals surface area contributed by atoms with Gasteiger partial charge in [0.1, 0.15) is 5.75 Å². The van der Waals surface area contributed by atoms with Gasteiger partial charge in [-0.25, -0.2) is 0 Å². The van der Waals surface area contributed by atoms with E-state index in [1.54, 1.807) is 7.11 Å². The van der Waals surface area contributed by atoms with E-state index in [4.69, 9.17) is 16.3 Å². The monoisotopic (exact) mass is 550 g/mol. The van der Waals surface area contributed by atoms with Gasteiger partial charge in [-0.3, -0.25) is 14.3 Å². The van der Waals surface area contributed by atoms with E-state index in [0.717, 1.165) is 43.4 Å². The van der Waals surface area contributed by atoms with Crippen LogP contribution in [0.15, 0.2) is 54.6 Å². The second kappa shape index (κ2) is 13.0. The largest absolute Gasteiger partial charge is 0.495 e. The Morgan fingerprint density at radius 2 is 1.74 bits per heavy atom. The van der Waals surface area contributed by atoms with E-state index in [1.807, 2.05) is 30.3 Å². The van der Waals surface area contributed by atoms with E-state index in [-0.39, 0.29) is 30.3 Å². The molecule has 1 aromatic heterocycles. The number of aromatic nitrogens is 1. The molecule has 8 heteroatoms. The van der Waals surface area contributed by atoms with Gasteiger partial charge in [-0.05, 0) is 73.9 Å². The van der Waals surface area contributed by atoms with Crippen LogP contribution in [0.4, 0.5) is 0 Å². The second-order valence-corrected chi connectivity index (χ2v) is 10.6. The molecule has 4 rings (SSSR count). The van der Waals surface area contributed by atoms with E-state index in [2.05, 4.69) is 35.8 Å². The average molecular weight is 551 g/mol. The highest BCUT2D eigenvalue weighted by Gasteiger charge is 2.28. The molecule has 0 bridgehead atoms. The Hall–Kier alpha value is -3.60. The van der Waals surface area contributed by atoms with Crippen molar-refractivity contribution in [3.05, 3.63) is 76.3 Å². The predicted molar refractivity (Wildman–Crippen MR) is 151 cm³/mol. The van der Waals surface area contributed by atoms with E-state index >= 15 is 0 Å². The van der Waals surface area contributed by atoms with Crippen molar-refractivity contribution in [2.45, 2.75) is 51.7 Å². The highest BCUT2D eigenvalue weighted by molar-refractivity contribution is 6.30. The van der Waals surface area contributed by atoms with Crippen LogP contribution in [0.5, 0.6) is 17.5 Å². The summed E-state index contributed by atoms with van der Waals surface area (Å²) < 4.78 is 6.96. The van der Waals surface area contributed by atoms with Gasteiger partial charge >= 0.3 is 5.97 Å². The summed E-state index contributed by atoms with van der Waals surface area (Å²) >= 11 is 6.14. The van der Waals surface area contributed by atoms with Crippen molar-refractivity contribution in [3.63, 3.8) is 0 Å². The van der Waals surface area contributed by atoms with Crippen LogP contribution >= 0.6 is 11.6 Å². The Balaban J connectivity index is 1.52. The number of aromatic hydroxyl groups is 2. The highest BCUT2D eigenvalue weighted by Crippen LogP contribution is 2.33. The van der Waals surface area contributed by atoms with Crippen molar-refractivity contribution in [1.82, 2.24) is 9.47 Å². The predicted octanol–water partition coefficient (Wildman–Crippen LogP) is 6.07. The SMILES string of the molecule is COc1cc(CN(CC2CCC(C(=O)O)CC2)C(C)c2ccc(Cl)cc2)ccc1C#CCn1c(O)ccc1O. The van der Waals surface area contributed by atoms with Gasteiger partial charge in [0.15, 0.2) is 11.8 Å². The molecule has 1 unspecified atom stereocenters. The molecule has 0 amide bonds. The van der Waals surface area contributed by atoms with Crippen molar-refractivity contribution in [1.29, 1.82) is 0 Å². The normalized spacial score (nSPS) is 17.8. The Morgan fingerprint density at radius 3 is 2.36 bits per heavy atom. The number of benzene rings is 2. The molecule has 3 N–H and O–H groups in total. The summed E-state index contributed by atoms with van der Waals surface area (Å²) in [5, 5.41) is 29.7. The van der Waals surface area contributed by atoms with Crippen LogP contribution in [0.2, 0.25) is 5.02 Å². The van der Waals surface area contributed by atoms with Crippen LogP contribution in [0.3, 0.4) is 0 Å². The maximum atomic E-state index is 11.4. The topological polar surface area (TPSA) is 95.2 Å². The number of ether oxygens (including phenoxy) is 1. The number of carboxylic acids is 1. The first-order valence-electron chi connectivity index (χ1n) is 13.2. The minimum absolute atomic E-state index is 0.0459. The number of aliphatic carboxylic acids is 1. The fraction of sp³-hybridized carbons (Fsp3) is 0.387. The van der Waals surface area contributed by atoms with Crippen LogP contribution < -0.4 is 4.74 Å². The molecule has 1 atom stereocenters. The number of carboxylic acid groups (broad SMARTS) is 1. The highest BCUT2D eigenvalue weighted by atomic mass is 35.5. The maximum Gasteiger partial charge on any atom is 0.306 e. The van der Waals surface area contributed by atoms with Crippen LogP contribution in [-0.4, -0.2) is 44.4 Å². The van der Waals surface area contributed by atoms with Crippen molar-refractivity contribution in [2.75, 3.05) is 13.7 Å². The lowest BCUT2D eigenvalue weighted by Gasteiger charge is -2.35. The molecular formula is C31H35ClN2O5. The number of hydrogen-bond acceptors (Lipinski definition) is 5. The summed E-state index contributed by atoms with van der Waals surface area (Å²) in [6.07, 6.45) is 3.27. The van der Waals surface area contributed by atoms with Gasteiger partial charge in [-0.1, -0.05) is 41.6 Å². The summed E-state index contributed by atoms with van der Waals surface area (Å²) in [6, 6.07) is 16.9. The number of hydrogen-bond donors (Lipinski definition) is 3. The zero-order chi connectivity index (χ0) is 27.9. The quantitative estimate of drug-likeness (QED) is 0.280. The minimum atomic E-state index is -0.683. The zero-order valence-corrected chi connectivity index (χ0v) is 23.1. The number of carbonyl (C=O) groups is 1. The van der Waals surface area contributed by atoms with Crippen molar-refractivity contribution >= 4 is 17.6 Å². The first kappa shape index (κ1) is 28.4. The maximum absolute atomic E-state index is 11.4. The molecule has 1 aliphatic rings. The van der Waals surface area contributed by atoms with E-state index in [9.17, 15) is 20.1 Å². The molecule has 39 heavy (non-hydrogen) atoms. The Bertz CT molecular complexity index is 1310. The number of nitrogens with zero attached hydrogens (tertiary/aromatic N) is 2. The Kier molecular flexibility index (Phi) is 9.45. The van der Waals surface area contributed by atoms with E-state index in [0.29, 0.717) is 23.2 Å².